The van der Waals surface area contributed by atoms with Crippen LogP contribution < -0.4 is 10.6 Å². The SMILES string of the molecule is CN=C(NCCCOCc1ccco1)NCC(C)(C)S(C)(=O)=O.I. The Bertz CT molecular complexity index is 586. The number of nitrogens with zero attached hydrogens (tertiary/aromatic N) is 1. The summed E-state index contributed by atoms with van der Waals surface area (Å²) in [5, 5.41) is 6.16. The van der Waals surface area contributed by atoms with Crippen LogP contribution in [-0.4, -0.2) is 52.1 Å². The molecule has 0 unspecified atom stereocenters. The van der Waals surface area contributed by atoms with Gasteiger partial charge in [-0.25, -0.2) is 8.42 Å². The maximum Gasteiger partial charge on any atom is 0.191 e. The zero-order valence-electron chi connectivity index (χ0n) is 14.7. The molecule has 1 aromatic heterocycles. The van der Waals surface area contributed by atoms with Gasteiger partial charge < -0.3 is 19.8 Å². The zero-order chi connectivity index (χ0) is 17.3. The summed E-state index contributed by atoms with van der Waals surface area (Å²) in [5.74, 6) is 1.38. The molecule has 0 aliphatic heterocycles. The number of sulfone groups is 1. The first-order valence-corrected chi connectivity index (χ1v) is 9.39. The number of rotatable bonds is 9. The van der Waals surface area contributed by atoms with Crippen molar-refractivity contribution >= 4 is 39.8 Å². The lowest BCUT2D eigenvalue weighted by molar-refractivity contribution is 0.105. The Morgan fingerprint density at radius 3 is 2.62 bits per heavy atom. The van der Waals surface area contributed by atoms with Gasteiger partial charge in [-0.3, -0.25) is 4.99 Å². The standard InChI is InChI=1S/C15H27N3O4S.HI/c1-15(2,23(4,19)20)12-18-14(16-3)17-8-6-9-21-11-13-7-5-10-22-13;/h5,7,10H,6,8-9,11-12H2,1-4H3,(H2,16,17,18);1H. The topological polar surface area (TPSA) is 92.9 Å². The number of guanidine groups is 1. The molecule has 0 bridgehead atoms. The van der Waals surface area contributed by atoms with Crippen molar-refractivity contribution in [2.45, 2.75) is 31.6 Å². The second-order valence-electron chi connectivity index (χ2n) is 5.87. The van der Waals surface area contributed by atoms with E-state index >= 15 is 0 Å². The summed E-state index contributed by atoms with van der Waals surface area (Å²) in [6, 6.07) is 3.70. The number of aliphatic imine (C=N–C) groups is 1. The minimum absolute atomic E-state index is 0. The minimum atomic E-state index is -3.13. The average molecular weight is 473 g/mol. The first-order valence-electron chi connectivity index (χ1n) is 7.50. The van der Waals surface area contributed by atoms with Crippen molar-refractivity contribution in [2.24, 2.45) is 4.99 Å². The van der Waals surface area contributed by atoms with Crippen LogP contribution in [-0.2, 0) is 21.2 Å². The monoisotopic (exact) mass is 473 g/mol. The summed E-state index contributed by atoms with van der Waals surface area (Å²) in [4.78, 5) is 4.08. The molecule has 2 N–H and O–H groups in total. The number of hydrogen-bond donors (Lipinski definition) is 2. The van der Waals surface area contributed by atoms with Gasteiger partial charge in [-0.15, -0.1) is 24.0 Å². The lowest BCUT2D eigenvalue weighted by Crippen LogP contribution is -2.47. The second-order valence-corrected chi connectivity index (χ2v) is 8.52. The summed E-state index contributed by atoms with van der Waals surface area (Å²) < 4.78 is 33.1. The van der Waals surface area contributed by atoms with Crippen molar-refractivity contribution in [3.63, 3.8) is 0 Å². The van der Waals surface area contributed by atoms with E-state index in [4.69, 9.17) is 9.15 Å². The average Bonchev–Trinajstić information content (AvgIpc) is 2.97. The molecule has 0 aromatic carbocycles. The second kappa shape index (κ2) is 10.9. The summed E-state index contributed by atoms with van der Waals surface area (Å²) in [6.07, 6.45) is 3.66. The van der Waals surface area contributed by atoms with Crippen molar-refractivity contribution in [1.82, 2.24) is 10.6 Å². The van der Waals surface area contributed by atoms with Crippen molar-refractivity contribution < 1.29 is 17.6 Å². The molecule has 0 saturated carbocycles. The fraction of sp³-hybridized carbons (Fsp3) is 0.667. The van der Waals surface area contributed by atoms with Gasteiger partial charge in [0.05, 0.1) is 11.0 Å². The molecule has 0 fully saturated rings. The van der Waals surface area contributed by atoms with Crippen molar-refractivity contribution in [3.05, 3.63) is 24.2 Å². The van der Waals surface area contributed by atoms with Crippen LogP contribution in [0.4, 0.5) is 0 Å². The van der Waals surface area contributed by atoms with E-state index in [2.05, 4.69) is 15.6 Å². The molecule has 0 aliphatic carbocycles. The van der Waals surface area contributed by atoms with Crippen molar-refractivity contribution in [2.75, 3.05) is 33.0 Å². The van der Waals surface area contributed by atoms with Gasteiger partial charge >= 0.3 is 0 Å². The highest BCUT2D eigenvalue weighted by Gasteiger charge is 2.30. The van der Waals surface area contributed by atoms with Crippen LogP contribution in [0.3, 0.4) is 0 Å². The van der Waals surface area contributed by atoms with Crippen LogP contribution in [0.2, 0.25) is 0 Å². The van der Waals surface area contributed by atoms with Gasteiger partial charge in [0.25, 0.3) is 0 Å². The van der Waals surface area contributed by atoms with E-state index in [9.17, 15) is 8.42 Å². The van der Waals surface area contributed by atoms with Crippen LogP contribution in [0.15, 0.2) is 27.8 Å². The van der Waals surface area contributed by atoms with E-state index in [1.807, 2.05) is 12.1 Å². The molecule has 7 nitrogen and oxygen atoms in total. The molecule has 24 heavy (non-hydrogen) atoms. The lowest BCUT2D eigenvalue weighted by atomic mass is 10.2. The predicted octanol–water partition coefficient (Wildman–Crippen LogP) is 1.79. The normalized spacial score (nSPS) is 12.6. The van der Waals surface area contributed by atoms with Gasteiger partial charge in [-0.2, -0.15) is 0 Å². The van der Waals surface area contributed by atoms with Crippen LogP contribution in [0.5, 0.6) is 0 Å². The smallest absolute Gasteiger partial charge is 0.191 e. The highest BCUT2D eigenvalue weighted by atomic mass is 127. The maximum atomic E-state index is 11.7. The van der Waals surface area contributed by atoms with E-state index in [1.54, 1.807) is 27.2 Å². The predicted molar refractivity (Wildman–Crippen MR) is 107 cm³/mol. The van der Waals surface area contributed by atoms with Gasteiger partial charge in [0.15, 0.2) is 15.8 Å². The van der Waals surface area contributed by atoms with Crippen LogP contribution >= 0.6 is 24.0 Å². The maximum absolute atomic E-state index is 11.7. The Hall–Kier alpha value is -0.810. The van der Waals surface area contributed by atoms with Gasteiger partial charge in [0, 0.05) is 33.0 Å². The molecule has 140 valence electrons. The fourth-order valence-electron chi connectivity index (χ4n) is 1.60. The molecule has 1 rings (SSSR count). The van der Waals surface area contributed by atoms with Gasteiger partial charge in [-0.1, -0.05) is 0 Å². The molecule has 0 amide bonds. The Morgan fingerprint density at radius 1 is 1.38 bits per heavy atom. The van der Waals surface area contributed by atoms with Crippen molar-refractivity contribution in [3.8, 4) is 0 Å². The molecule has 0 atom stereocenters. The van der Waals surface area contributed by atoms with Crippen LogP contribution in [0.25, 0.3) is 0 Å². The summed E-state index contributed by atoms with van der Waals surface area (Å²) in [5.41, 5.74) is 0. The van der Waals surface area contributed by atoms with E-state index in [1.165, 1.54) is 6.26 Å². The Balaban J connectivity index is 0.00000529. The molecule has 1 heterocycles. The third kappa shape index (κ3) is 8.34. The lowest BCUT2D eigenvalue weighted by Gasteiger charge is -2.24. The summed E-state index contributed by atoms with van der Waals surface area (Å²) >= 11 is 0. The van der Waals surface area contributed by atoms with E-state index in [0.717, 1.165) is 12.2 Å². The Morgan fingerprint density at radius 2 is 2.08 bits per heavy atom. The number of furan rings is 1. The van der Waals surface area contributed by atoms with Gasteiger partial charge in [0.2, 0.25) is 0 Å². The molecular weight excluding hydrogens is 445 g/mol. The molecule has 1 aromatic rings. The van der Waals surface area contributed by atoms with Crippen molar-refractivity contribution in [1.29, 1.82) is 0 Å². The van der Waals surface area contributed by atoms with Crippen LogP contribution in [0, 0.1) is 0 Å². The van der Waals surface area contributed by atoms with Crippen LogP contribution in [0.1, 0.15) is 26.0 Å². The molecule has 0 saturated heterocycles. The zero-order valence-corrected chi connectivity index (χ0v) is 17.8. The minimum Gasteiger partial charge on any atom is -0.467 e. The number of halogens is 1. The fourth-order valence-corrected chi connectivity index (χ4v) is 1.93. The van der Waals surface area contributed by atoms with E-state index in [-0.39, 0.29) is 24.0 Å². The highest BCUT2D eigenvalue weighted by molar-refractivity contribution is 14.0. The largest absolute Gasteiger partial charge is 0.467 e. The molecular formula is C15H28IN3O4S. The Kier molecular flexibility index (Phi) is 10.6. The number of hydrogen-bond acceptors (Lipinski definition) is 5. The molecule has 0 spiro atoms. The first kappa shape index (κ1) is 23.2. The van der Waals surface area contributed by atoms with E-state index in [0.29, 0.717) is 32.3 Å². The number of nitrogens with one attached hydrogen (secondary N) is 2. The third-order valence-electron chi connectivity index (χ3n) is 3.49. The van der Waals surface area contributed by atoms with Gasteiger partial charge in [-0.05, 0) is 32.4 Å². The summed E-state index contributed by atoms with van der Waals surface area (Å²) in [7, 11) is -1.49. The molecule has 0 aliphatic rings. The molecule has 9 heteroatoms. The molecule has 0 radical (unpaired) electrons. The Labute approximate surface area is 161 Å². The quantitative estimate of drug-likeness (QED) is 0.246. The number of ether oxygens (including phenoxy) is 1. The third-order valence-corrected chi connectivity index (χ3v) is 5.64. The first-order chi connectivity index (χ1) is 10.8. The van der Waals surface area contributed by atoms with Gasteiger partial charge in [0.1, 0.15) is 12.4 Å². The summed E-state index contributed by atoms with van der Waals surface area (Å²) in [6.45, 7) is 5.40. The highest BCUT2D eigenvalue weighted by Crippen LogP contribution is 2.13. The van der Waals surface area contributed by atoms with E-state index < -0.39 is 14.6 Å².